The zero-order valence-corrected chi connectivity index (χ0v) is 31.6. The van der Waals surface area contributed by atoms with E-state index in [0.29, 0.717) is 19.6 Å². The third kappa shape index (κ3) is 7.92. The van der Waals surface area contributed by atoms with Crippen LogP contribution in [-0.4, -0.2) is 56.0 Å². The largest absolute Gasteiger partial charge is 0.408 e. The lowest BCUT2D eigenvalue weighted by atomic mass is 9.89. The molecule has 3 atom stereocenters. The third-order valence-corrected chi connectivity index (χ3v) is 23.2. The maximum atomic E-state index is 7.53. The van der Waals surface area contributed by atoms with Crippen molar-refractivity contribution in [2.75, 3.05) is 13.2 Å². The summed E-state index contributed by atoms with van der Waals surface area (Å²) < 4.78 is 27.9. The summed E-state index contributed by atoms with van der Waals surface area (Å²) in [5.41, 5.74) is 1.10. The fraction of sp³-hybridized carbons (Fsp3) is 0.758. The standard InChI is InChI=1S/C33H58O4Si3/c1-26-19-20-27-25-28(35-38(11,12)30(2,3)4)29(36-39(13,14)31(5,6)7)33(27,22-17-18-23-34-24-21-26)37-40(15,16)32(8,9)10/h21,25,28-29H,22-24H2,1-16H3/b26-21-/t28-,29+,33?/m1/s1. The summed E-state index contributed by atoms with van der Waals surface area (Å²) in [7, 11) is -6.74. The highest BCUT2D eigenvalue weighted by molar-refractivity contribution is 6.75. The predicted molar refractivity (Wildman–Crippen MR) is 178 cm³/mol. The normalized spacial score (nSPS) is 26.6. The molecule has 0 radical (unpaired) electrons. The minimum absolute atomic E-state index is 0.00374. The molecular formula is C33H58O4Si3. The van der Waals surface area contributed by atoms with Gasteiger partial charge in [0.2, 0.25) is 0 Å². The first-order valence-corrected chi connectivity index (χ1v) is 23.6. The number of hydrogen-bond donors (Lipinski definition) is 0. The zero-order chi connectivity index (χ0) is 31.0. The first-order chi connectivity index (χ1) is 17.9. The summed E-state index contributed by atoms with van der Waals surface area (Å²) in [6, 6.07) is 0. The van der Waals surface area contributed by atoms with Crippen LogP contribution in [0.4, 0.5) is 0 Å². The van der Waals surface area contributed by atoms with Gasteiger partial charge in [-0.2, -0.15) is 0 Å². The lowest BCUT2D eigenvalue weighted by Gasteiger charge is -2.51. The molecule has 1 aliphatic heterocycles. The van der Waals surface area contributed by atoms with E-state index in [1.807, 2.05) is 13.0 Å². The Morgan fingerprint density at radius 1 is 0.775 bits per heavy atom. The molecular weight excluding hydrogens is 545 g/mol. The van der Waals surface area contributed by atoms with Crippen LogP contribution in [0.5, 0.6) is 0 Å². The Balaban J connectivity index is 2.92. The summed E-state index contributed by atoms with van der Waals surface area (Å²) in [5.74, 6) is 13.7. The van der Waals surface area contributed by atoms with E-state index in [4.69, 9.17) is 18.0 Å². The molecule has 0 spiro atoms. The first-order valence-electron chi connectivity index (χ1n) is 14.9. The van der Waals surface area contributed by atoms with Crippen molar-refractivity contribution in [1.82, 2.24) is 0 Å². The molecule has 1 heterocycles. The fourth-order valence-corrected chi connectivity index (χ4v) is 7.99. The van der Waals surface area contributed by atoms with Crippen LogP contribution in [0.2, 0.25) is 54.4 Å². The Morgan fingerprint density at radius 3 is 1.82 bits per heavy atom. The maximum Gasteiger partial charge on any atom is 0.193 e. The Kier molecular flexibility index (Phi) is 10.6. The minimum Gasteiger partial charge on any atom is -0.408 e. The van der Waals surface area contributed by atoms with E-state index in [2.05, 4.69) is 131 Å². The number of hydrogen-bond acceptors (Lipinski definition) is 4. The summed E-state index contributed by atoms with van der Waals surface area (Å²) in [6.07, 6.45) is 4.13. The van der Waals surface area contributed by atoms with E-state index in [1.54, 1.807) is 0 Å². The molecule has 0 bridgehead atoms. The van der Waals surface area contributed by atoms with Crippen LogP contribution in [0.25, 0.3) is 0 Å². The fourth-order valence-electron chi connectivity index (χ4n) is 3.94. The van der Waals surface area contributed by atoms with Crippen molar-refractivity contribution >= 4 is 25.0 Å². The van der Waals surface area contributed by atoms with Crippen LogP contribution < -0.4 is 0 Å². The van der Waals surface area contributed by atoms with Gasteiger partial charge in [0.05, 0.1) is 12.7 Å². The molecule has 2 rings (SSSR count). The number of fused-ring (bicyclic) bond motifs is 1. The molecule has 0 fully saturated rings. The SMILES string of the molecule is C/C1=C/COCC#CCC2(O[Si](C)(C)C(C)(C)C)C(=C[C@@H](O[Si](C)(C)C(C)(C)C)[C@@H]2O[Si](C)(C)C(C)(C)C)C#C1. The van der Waals surface area contributed by atoms with E-state index in [0.717, 1.165) is 11.1 Å². The highest BCUT2D eigenvalue weighted by atomic mass is 28.4. The van der Waals surface area contributed by atoms with Gasteiger partial charge < -0.3 is 18.0 Å². The molecule has 0 aromatic carbocycles. The van der Waals surface area contributed by atoms with E-state index >= 15 is 0 Å². The van der Waals surface area contributed by atoms with E-state index in [9.17, 15) is 0 Å². The van der Waals surface area contributed by atoms with Crippen LogP contribution in [-0.2, 0) is 18.0 Å². The lowest BCUT2D eigenvalue weighted by molar-refractivity contribution is -0.0526. The van der Waals surface area contributed by atoms with Gasteiger partial charge >= 0.3 is 0 Å². The zero-order valence-electron chi connectivity index (χ0n) is 28.6. The molecule has 2 aliphatic rings. The van der Waals surface area contributed by atoms with Gasteiger partial charge in [-0.15, -0.1) is 0 Å². The van der Waals surface area contributed by atoms with Gasteiger partial charge in [-0.25, -0.2) is 0 Å². The van der Waals surface area contributed by atoms with Crippen molar-refractivity contribution in [2.45, 2.75) is 148 Å². The highest BCUT2D eigenvalue weighted by Gasteiger charge is 2.59. The predicted octanol–water partition coefficient (Wildman–Crippen LogP) is 8.84. The van der Waals surface area contributed by atoms with Gasteiger partial charge in [0.25, 0.3) is 0 Å². The average Bonchev–Trinajstić information content (AvgIpc) is 2.99. The van der Waals surface area contributed by atoms with Crippen molar-refractivity contribution in [3.63, 3.8) is 0 Å². The van der Waals surface area contributed by atoms with Gasteiger partial charge in [-0.1, -0.05) is 86.0 Å². The van der Waals surface area contributed by atoms with Gasteiger partial charge in [0.1, 0.15) is 18.3 Å². The third-order valence-electron chi connectivity index (χ3n) is 9.80. The minimum atomic E-state index is -2.31. The van der Waals surface area contributed by atoms with Crippen LogP contribution >= 0.6 is 0 Å². The van der Waals surface area contributed by atoms with Crippen molar-refractivity contribution < 1.29 is 18.0 Å². The Bertz CT molecular complexity index is 1110. The summed E-state index contributed by atoms with van der Waals surface area (Å²) in [5, 5.41) is 0.0660. The van der Waals surface area contributed by atoms with Crippen LogP contribution in [0.1, 0.15) is 75.7 Å². The highest BCUT2D eigenvalue weighted by Crippen LogP contribution is 2.51. The number of rotatable bonds is 6. The van der Waals surface area contributed by atoms with Crippen LogP contribution in [0, 0.1) is 23.7 Å². The number of allylic oxidation sites excluding steroid dienone is 1. The average molecular weight is 603 g/mol. The monoisotopic (exact) mass is 602 g/mol. The van der Waals surface area contributed by atoms with E-state index in [1.165, 1.54) is 0 Å². The molecule has 226 valence electrons. The second kappa shape index (κ2) is 12.0. The van der Waals surface area contributed by atoms with Gasteiger partial charge in [-0.3, -0.25) is 0 Å². The summed E-state index contributed by atoms with van der Waals surface area (Å²) in [4.78, 5) is 0. The van der Waals surface area contributed by atoms with Gasteiger partial charge in [-0.05, 0) is 79.0 Å². The smallest absolute Gasteiger partial charge is 0.193 e. The molecule has 40 heavy (non-hydrogen) atoms. The van der Waals surface area contributed by atoms with Crippen LogP contribution in [0.3, 0.4) is 0 Å². The second-order valence-electron chi connectivity index (χ2n) is 16.2. The molecule has 7 heteroatoms. The quantitative estimate of drug-likeness (QED) is 0.225. The van der Waals surface area contributed by atoms with E-state index in [-0.39, 0.29) is 27.3 Å². The number of ether oxygens (including phenoxy) is 1. The Hall–Kier alpha value is -0.909. The van der Waals surface area contributed by atoms with E-state index < -0.39 is 30.6 Å². The second-order valence-corrected chi connectivity index (χ2v) is 30.4. The molecule has 1 aliphatic carbocycles. The molecule has 0 aromatic rings. The van der Waals surface area contributed by atoms with Crippen LogP contribution in [0.15, 0.2) is 23.3 Å². The van der Waals surface area contributed by atoms with Crippen molar-refractivity contribution in [2.24, 2.45) is 0 Å². The molecule has 0 aromatic heterocycles. The molecule has 1 unspecified atom stereocenters. The summed E-state index contributed by atoms with van der Waals surface area (Å²) in [6.45, 7) is 37.4. The summed E-state index contributed by atoms with van der Waals surface area (Å²) >= 11 is 0. The molecule has 0 saturated heterocycles. The molecule has 4 nitrogen and oxygen atoms in total. The van der Waals surface area contributed by atoms with Gasteiger partial charge in [0, 0.05) is 12.0 Å². The Labute approximate surface area is 250 Å². The van der Waals surface area contributed by atoms with Crippen molar-refractivity contribution in [1.29, 1.82) is 0 Å². The Morgan fingerprint density at radius 2 is 1.30 bits per heavy atom. The molecule has 0 saturated carbocycles. The van der Waals surface area contributed by atoms with Gasteiger partial charge in [0.15, 0.2) is 25.0 Å². The first kappa shape index (κ1) is 35.3. The van der Waals surface area contributed by atoms with Crippen molar-refractivity contribution in [3.8, 4) is 23.7 Å². The molecule has 0 N–H and O–H groups in total. The maximum absolute atomic E-state index is 7.53. The van der Waals surface area contributed by atoms with Crippen molar-refractivity contribution in [3.05, 3.63) is 23.3 Å². The lowest BCUT2D eigenvalue weighted by Crippen LogP contribution is -2.61. The topological polar surface area (TPSA) is 36.9 Å². The molecule has 0 amide bonds.